The second kappa shape index (κ2) is 5.74. The number of phenolic OH excluding ortho intramolecular Hbond substituents is 3. The number of rotatable bonds is 2. The number of phenols is 3. The molecule has 3 rings (SSSR count). The van der Waals surface area contributed by atoms with Gasteiger partial charge in [0.05, 0.1) is 12.5 Å². The van der Waals surface area contributed by atoms with Crippen LogP contribution in [0.1, 0.15) is 32.6 Å². The van der Waals surface area contributed by atoms with Crippen molar-refractivity contribution in [2.75, 3.05) is 6.61 Å². The molecule has 1 heterocycles. The lowest BCUT2D eigenvalue weighted by molar-refractivity contribution is 0.0824. The number of ketones is 1. The summed E-state index contributed by atoms with van der Waals surface area (Å²) in [5, 5.41) is 30.3. The third-order valence-corrected chi connectivity index (χ3v) is 4.62. The van der Waals surface area contributed by atoms with E-state index in [1.165, 1.54) is 0 Å². The first kappa shape index (κ1) is 16.2. The van der Waals surface area contributed by atoms with Crippen LogP contribution in [0.3, 0.4) is 0 Å². The summed E-state index contributed by atoms with van der Waals surface area (Å²) in [5.74, 6) is -0.647. The molecular weight excluding hydrogens is 308 g/mol. The van der Waals surface area contributed by atoms with Crippen LogP contribution in [0.4, 0.5) is 0 Å². The highest BCUT2D eigenvalue weighted by Gasteiger charge is 2.35. The zero-order valence-electron chi connectivity index (χ0n) is 13.9. The fourth-order valence-electron chi connectivity index (χ4n) is 3.12. The van der Waals surface area contributed by atoms with Crippen molar-refractivity contribution >= 4 is 5.78 Å². The summed E-state index contributed by atoms with van der Waals surface area (Å²) in [6.07, 6.45) is 0.322. The smallest absolute Gasteiger partial charge is 0.177 e. The summed E-state index contributed by atoms with van der Waals surface area (Å²) in [7, 11) is 0. The van der Waals surface area contributed by atoms with E-state index in [1.54, 1.807) is 26.0 Å². The molecule has 2 aromatic carbocycles. The number of carbonyl (C=O) groups excluding carboxylic acids is 1. The third-order valence-electron chi connectivity index (χ3n) is 4.62. The molecule has 24 heavy (non-hydrogen) atoms. The molecule has 0 saturated carbocycles. The maximum atomic E-state index is 12.8. The number of hydrogen-bond acceptors (Lipinski definition) is 5. The number of ether oxygens (including phenoxy) is 1. The first-order valence-corrected chi connectivity index (χ1v) is 7.81. The highest BCUT2D eigenvalue weighted by molar-refractivity contribution is 6.05. The van der Waals surface area contributed by atoms with Crippen molar-refractivity contribution < 1.29 is 24.9 Å². The van der Waals surface area contributed by atoms with E-state index in [9.17, 15) is 20.1 Å². The topological polar surface area (TPSA) is 87.0 Å². The number of aromatic hydroxyl groups is 3. The Bertz CT molecular complexity index is 838. The first-order chi connectivity index (χ1) is 11.3. The van der Waals surface area contributed by atoms with Crippen LogP contribution in [0.2, 0.25) is 0 Å². The summed E-state index contributed by atoms with van der Waals surface area (Å²) >= 11 is 0. The van der Waals surface area contributed by atoms with Crippen LogP contribution in [-0.4, -0.2) is 27.7 Å². The third kappa shape index (κ3) is 2.46. The molecule has 0 radical (unpaired) electrons. The molecule has 0 bridgehead atoms. The Morgan fingerprint density at radius 1 is 1.08 bits per heavy atom. The van der Waals surface area contributed by atoms with E-state index in [0.717, 1.165) is 5.56 Å². The summed E-state index contributed by atoms with van der Waals surface area (Å²) < 4.78 is 5.67. The fraction of sp³-hybridized carbons (Fsp3) is 0.316. The minimum absolute atomic E-state index is 0.0614. The summed E-state index contributed by atoms with van der Waals surface area (Å²) in [6, 6.07) is 5.32. The zero-order chi connectivity index (χ0) is 17.6. The van der Waals surface area contributed by atoms with Crippen LogP contribution in [0.15, 0.2) is 18.2 Å². The second-order valence-electron chi connectivity index (χ2n) is 6.36. The second-order valence-corrected chi connectivity index (χ2v) is 6.36. The maximum absolute atomic E-state index is 12.8. The minimum Gasteiger partial charge on any atom is -0.508 e. The van der Waals surface area contributed by atoms with Crippen LogP contribution in [-0.2, 0) is 6.42 Å². The van der Waals surface area contributed by atoms with Crippen LogP contribution in [0, 0.1) is 26.7 Å². The predicted octanol–water partition coefficient (Wildman–Crippen LogP) is 3.16. The molecule has 126 valence electrons. The molecule has 2 aromatic rings. The molecule has 0 aliphatic carbocycles. The number of hydrogen-bond donors (Lipinski definition) is 3. The molecule has 1 aliphatic rings. The monoisotopic (exact) mass is 328 g/mol. The van der Waals surface area contributed by atoms with E-state index < -0.39 is 5.92 Å². The van der Waals surface area contributed by atoms with Crippen molar-refractivity contribution in [3.05, 3.63) is 46.0 Å². The highest BCUT2D eigenvalue weighted by Crippen LogP contribution is 2.45. The molecule has 0 fully saturated rings. The van der Waals surface area contributed by atoms with Crippen molar-refractivity contribution in [1.29, 1.82) is 0 Å². The Morgan fingerprint density at radius 3 is 2.46 bits per heavy atom. The zero-order valence-corrected chi connectivity index (χ0v) is 13.9. The molecule has 1 unspecified atom stereocenters. The van der Waals surface area contributed by atoms with Gasteiger partial charge in [-0.2, -0.15) is 0 Å². The Hall–Kier alpha value is -2.69. The molecule has 0 saturated heterocycles. The van der Waals surface area contributed by atoms with E-state index in [4.69, 9.17) is 4.74 Å². The molecule has 3 N–H and O–H groups in total. The summed E-state index contributed by atoms with van der Waals surface area (Å²) in [5.41, 5.74) is 2.43. The lowest BCUT2D eigenvalue weighted by Gasteiger charge is -2.27. The van der Waals surface area contributed by atoms with Crippen LogP contribution in [0.25, 0.3) is 0 Å². The van der Waals surface area contributed by atoms with Crippen LogP contribution >= 0.6 is 0 Å². The molecule has 1 atom stereocenters. The summed E-state index contributed by atoms with van der Waals surface area (Å²) in [4.78, 5) is 12.8. The number of benzene rings is 2. The Kier molecular flexibility index (Phi) is 3.87. The van der Waals surface area contributed by atoms with Gasteiger partial charge in [0, 0.05) is 11.1 Å². The first-order valence-electron chi connectivity index (χ1n) is 7.81. The fourth-order valence-corrected chi connectivity index (χ4v) is 3.12. The van der Waals surface area contributed by atoms with Crippen molar-refractivity contribution in [1.82, 2.24) is 0 Å². The van der Waals surface area contributed by atoms with Gasteiger partial charge in [-0.3, -0.25) is 4.79 Å². The average molecular weight is 328 g/mol. The Balaban J connectivity index is 1.98. The van der Waals surface area contributed by atoms with Crippen molar-refractivity contribution in [2.45, 2.75) is 27.2 Å². The SMILES string of the molecule is Cc1ccc(CC2COc3c(C)c(O)c(C)c(O)c3C2=O)c(O)c1. The average Bonchev–Trinajstić information content (AvgIpc) is 2.54. The van der Waals surface area contributed by atoms with E-state index in [2.05, 4.69) is 0 Å². The molecule has 0 spiro atoms. The van der Waals surface area contributed by atoms with Gasteiger partial charge < -0.3 is 20.1 Å². The Morgan fingerprint density at radius 2 is 1.79 bits per heavy atom. The number of carbonyl (C=O) groups is 1. The standard InChI is InChI=1S/C19H20O5/c1-9-4-5-12(14(20)6-9)7-13-8-24-19-11(3)16(21)10(2)17(22)15(19)18(13)23/h4-6,13,20-22H,7-8H2,1-3H3. The predicted molar refractivity (Wildman–Crippen MR) is 89.1 cm³/mol. The molecule has 1 aliphatic heterocycles. The highest BCUT2D eigenvalue weighted by atomic mass is 16.5. The lowest BCUT2D eigenvalue weighted by Crippen LogP contribution is -2.30. The molecule has 0 amide bonds. The van der Waals surface area contributed by atoms with Gasteiger partial charge >= 0.3 is 0 Å². The van der Waals surface area contributed by atoms with E-state index in [-0.39, 0.29) is 46.5 Å². The lowest BCUT2D eigenvalue weighted by atomic mass is 9.86. The largest absolute Gasteiger partial charge is 0.508 e. The summed E-state index contributed by atoms with van der Waals surface area (Å²) in [6.45, 7) is 5.23. The molecular formula is C19H20O5. The van der Waals surface area contributed by atoms with Crippen molar-refractivity contribution in [3.63, 3.8) is 0 Å². The molecule has 5 heteroatoms. The molecule has 5 nitrogen and oxygen atoms in total. The van der Waals surface area contributed by atoms with Gasteiger partial charge in [-0.15, -0.1) is 0 Å². The number of aryl methyl sites for hydroxylation is 1. The van der Waals surface area contributed by atoms with Gasteiger partial charge in [-0.1, -0.05) is 12.1 Å². The van der Waals surface area contributed by atoms with E-state index in [1.807, 2.05) is 13.0 Å². The maximum Gasteiger partial charge on any atom is 0.177 e. The van der Waals surface area contributed by atoms with Gasteiger partial charge in [-0.05, 0) is 44.4 Å². The van der Waals surface area contributed by atoms with Gasteiger partial charge in [0.15, 0.2) is 5.78 Å². The van der Waals surface area contributed by atoms with Gasteiger partial charge in [0.2, 0.25) is 0 Å². The number of fused-ring (bicyclic) bond motifs is 1. The normalized spacial score (nSPS) is 16.6. The Labute approximate surface area is 140 Å². The van der Waals surface area contributed by atoms with Crippen LogP contribution in [0.5, 0.6) is 23.0 Å². The molecule has 0 aromatic heterocycles. The van der Waals surface area contributed by atoms with Crippen molar-refractivity contribution in [2.24, 2.45) is 5.92 Å². The van der Waals surface area contributed by atoms with Gasteiger partial charge in [0.25, 0.3) is 0 Å². The number of Topliss-reactive ketones (excluding diaryl/α,β-unsaturated/α-hetero) is 1. The van der Waals surface area contributed by atoms with Crippen LogP contribution < -0.4 is 4.74 Å². The van der Waals surface area contributed by atoms with Gasteiger partial charge in [0.1, 0.15) is 28.6 Å². The van der Waals surface area contributed by atoms with Crippen molar-refractivity contribution in [3.8, 4) is 23.0 Å². The van der Waals surface area contributed by atoms with E-state index in [0.29, 0.717) is 17.5 Å². The van der Waals surface area contributed by atoms with Gasteiger partial charge in [-0.25, -0.2) is 0 Å². The van der Waals surface area contributed by atoms with E-state index >= 15 is 0 Å². The quantitative estimate of drug-likeness (QED) is 0.788. The minimum atomic E-state index is -0.500.